The van der Waals surface area contributed by atoms with Gasteiger partial charge in [-0.3, -0.25) is 40.6 Å². The normalized spacial score (nSPS) is 12.4. The van der Waals surface area contributed by atoms with Crippen molar-refractivity contribution in [2.45, 2.75) is 130 Å². The molecule has 21 heteroatoms. The van der Waals surface area contributed by atoms with Crippen molar-refractivity contribution in [2.75, 3.05) is 37.3 Å². The number of benzene rings is 4. The van der Waals surface area contributed by atoms with Crippen LogP contribution >= 0.6 is 0 Å². The number of nitrogens with zero attached hydrogens (tertiary/aromatic N) is 2. The van der Waals surface area contributed by atoms with Crippen LogP contribution in [0.5, 0.6) is 11.5 Å². The highest BCUT2D eigenvalue weighted by molar-refractivity contribution is 6.00. The zero-order valence-corrected chi connectivity index (χ0v) is 45.5. The van der Waals surface area contributed by atoms with Gasteiger partial charge in [-0.15, -0.1) is 0 Å². The first kappa shape index (κ1) is 61.7. The maximum absolute atomic E-state index is 14.7. The summed E-state index contributed by atoms with van der Waals surface area (Å²) in [6.07, 6.45) is -1.31. The number of ether oxygens (including phenoxy) is 7. The Morgan fingerprint density at radius 1 is 0.455 bits per heavy atom. The van der Waals surface area contributed by atoms with Crippen LogP contribution in [0.1, 0.15) is 137 Å². The number of nitrogens with one attached hydrogen (secondary N) is 2. The molecule has 0 saturated heterocycles. The molecule has 416 valence electrons. The van der Waals surface area contributed by atoms with E-state index in [0.717, 1.165) is 9.80 Å². The lowest BCUT2D eigenvalue weighted by molar-refractivity contribution is -0.168. The number of esters is 6. The van der Waals surface area contributed by atoms with Gasteiger partial charge >= 0.3 is 35.8 Å². The van der Waals surface area contributed by atoms with Gasteiger partial charge in [-0.1, -0.05) is 12.1 Å². The van der Waals surface area contributed by atoms with E-state index in [4.69, 9.17) is 33.2 Å². The van der Waals surface area contributed by atoms with E-state index in [1.54, 1.807) is 83.1 Å². The molecule has 0 heterocycles. The van der Waals surface area contributed by atoms with Crippen LogP contribution in [0, 0.1) is 0 Å². The Balaban J connectivity index is 1.72. The van der Waals surface area contributed by atoms with Crippen molar-refractivity contribution in [2.24, 2.45) is 0 Å². The number of anilines is 2. The van der Waals surface area contributed by atoms with Crippen LogP contribution in [0.25, 0.3) is 0 Å². The molecule has 77 heavy (non-hydrogen) atoms. The largest absolute Gasteiger partial charge is 0.460 e. The number of amides is 2. The molecule has 4 N–H and O–H groups in total. The third-order valence-electron chi connectivity index (χ3n) is 10.2. The first-order valence-corrected chi connectivity index (χ1v) is 24.6. The first-order chi connectivity index (χ1) is 35.8. The van der Waals surface area contributed by atoms with Crippen LogP contribution in [0.2, 0.25) is 0 Å². The van der Waals surface area contributed by atoms with Crippen molar-refractivity contribution in [1.82, 2.24) is 9.80 Å². The second-order valence-corrected chi connectivity index (χ2v) is 21.5. The van der Waals surface area contributed by atoms with Crippen LogP contribution in [0.4, 0.5) is 11.4 Å². The van der Waals surface area contributed by atoms with Crippen LogP contribution in [0.3, 0.4) is 0 Å². The molecule has 0 spiro atoms. The third-order valence-corrected chi connectivity index (χ3v) is 10.2. The number of hydrogen-bond donors (Lipinski definition) is 4. The van der Waals surface area contributed by atoms with E-state index in [-0.39, 0.29) is 47.0 Å². The molecule has 0 radical (unpaired) electrons. The SMILES string of the molecule is CC(C)(C)OC(=O)C[C@@H](C(=O)OC(C)(C)C)N(CCOCCN(C(=O)c1cccc(OC(=O)c2ccc(NO)cc2)c1)[C@@H](CC(=O)OC(C)(C)C)C(=O)OC(C)(C)C)C(=O)c1cccc(OC(=O)c2ccc(NO)cc2)c1. The molecule has 4 rings (SSSR count). The summed E-state index contributed by atoms with van der Waals surface area (Å²) in [6.45, 7) is 17.9. The first-order valence-electron chi connectivity index (χ1n) is 24.6. The summed E-state index contributed by atoms with van der Waals surface area (Å²) in [4.78, 5) is 113. The molecule has 0 saturated carbocycles. The molecule has 0 unspecified atom stereocenters. The highest BCUT2D eigenvalue weighted by Gasteiger charge is 2.39. The quantitative estimate of drug-likeness (QED) is 0.0190. The van der Waals surface area contributed by atoms with E-state index >= 15 is 0 Å². The minimum Gasteiger partial charge on any atom is -0.460 e. The Bertz CT molecular complexity index is 2530. The Morgan fingerprint density at radius 3 is 1.08 bits per heavy atom. The maximum Gasteiger partial charge on any atom is 0.343 e. The fraction of sp³-hybridized carbons (Fsp3) is 0.429. The molecule has 0 aromatic heterocycles. The van der Waals surface area contributed by atoms with Crippen LogP contribution in [-0.4, -0.2) is 129 Å². The highest BCUT2D eigenvalue weighted by atomic mass is 16.6. The number of carbonyl (C=O) groups excluding carboxylic acids is 8. The predicted molar refractivity (Wildman–Crippen MR) is 280 cm³/mol. The molecule has 0 fully saturated rings. The zero-order valence-electron chi connectivity index (χ0n) is 45.5. The molecule has 2 amide bonds. The average Bonchev–Trinajstić information content (AvgIpc) is 3.32. The van der Waals surface area contributed by atoms with Gasteiger partial charge in [-0.2, -0.15) is 0 Å². The molecular weight excluding hydrogens is 1000 g/mol. The lowest BCUT2D eigenvalue weighted by atomic mass is 10.1. The topological polar surface area (TPSA) is 272 Å². The van der Waals surface area contributed by atoms with Gasteiger partial charge in [-0.05, 0) is 168 Å². The summed E-state index contributed by atoms with van der Waals surface area (Å²) in [7, 11) is 0. The van der Waals surface area contributed by atoms with Crippen molar-refractivity contribution >= 4 is 59.0 Å². The van der Waals surface area contributed by atoms with Crippen molar-refractivity contribution in [1.29, 1.82) is 0 Å². The molecular formula is C56H70N4O17. The Hall–Kier alpha value is -7.88. The second-order valence-electron chi connectivity index (χ2n) is 21.5. The fourth-order valence-electron chi connectivity index (χ4n) is 7.10. The van der Waals surface area contributed by atoms with Crippen LogP contribution in [-0.2, 0) is 42.9 Å². The monoisotopic (exact) mass is 1070 g/mol. The highest BCUT2D eigenvalue weighted by Crippen LogP contribution is 2.25. The minimum absolute atomic E-state index is 0.0481. The van der Waals surface area contributed by atoms with Gasteiger partial charge in [0.25, 0.3) is 11.8 Å². The van der Waals surface area contributed by atoms with Crippen LogP contribution in [0.15, 0.2) is 97.1 Å². The second kappa shape index (κ2) is 26.7. The van der Waals surface area contributed by atoms with Gasteiger partial charge in [0.05, 0.1) is 48.6 Å². The van der Waals surface area contributed by atoms with Gasteiger partial charge in [0.2, 0.25) is 0 Å². The fourth-order valence-corrected chi connectivity index (χ4v) is 7.10. The van der Waals surface area contributed by atoms with Crippen molar-refractivity contribution in [3.8, 4) is 11.5 Å². The lowest BCUT2D eigenvalue weighted by Crippen LogP contribution is -2.51. The molecule has 4 aromatic carbocycles. The van der Waals surface area contributed by atoms with E-state index in [1.807, 2.05) is 11.0 Å². The maximum atomic E-state index is 14.7. The molecule has 21 nitrogen and oxygen atoms in total. The van der Waals surface area contributed by atoms with Gasteiger partial charge in [0.1, 0.15) is 46.0 Å². The Labute approximate surface area is 447 Å². The number of rotatable bonds is 22. The predicted octanol–water partition coefficient (Wildman–Crippen LogP) is 8.21. The smallest absolute Gasteiger partial charge is 0.343 e. The Morgan fingerprint density at radius 2 is 0.779 bits per heavy atom. The molecule has 0 aliphatic carbocycles. The molecule has 0 aliphatic rings. The van der Waals surface area contributed by atoms with E-state index in [2.05, 4.69) is 0 Å². The van der Waals surface area contributed by atoms with Crippen LogP contribution < -0.4 is 20.4 Å². The molecule has 0 aliphatic heterocycles. The zero-order chi connectivity index (χ0) is 57.5. The molecule has 0 bridgehead atoms. The third kappa shape index (κ3) is 20.6. The van der Waals surface area contributed by atoms with E-state index in [0.29, 0.717) is 11.4 Å². The van der Waals surface area contributed by atoms with Crippen molar-refractivity contribution < 1.29 is 81.9 Å². The molecule has 2 atom stereocenters. The summed E-state index contributed by atoms with van der Waals surface area (Å²) >= 11 is 0. The molecule has 4 aromatic rings. The number of carbonyl (C=O) groups is 8. The Kier molecular flexibility index (Phi) is 21.4. The number of hydrogen-bond acceptors (Lipinski definition) is 19. The summed E-state index contributed by atoms with van der Waals surface area (Å²) in [6, 6.07) is 19.3. The van der Waals surface area contributed by atoms with E-state index < -0.39 is 108 Å². The summed E-state index contributed by atoms with van der Waals surface area (Å²) in [5.41, 5.74) is 0.557. The minimum atomic E-state index is -1.60. The van der Waals surface area contributed by atoms with Gasteiger partial charge in [-0.25, -0.2) is 19.2 Å². The summed E-state index contributed by atoms with van der Waals surface area (Å²) in [5.74, 6) is -6.88. The summed E-state index contributed by atoms with van der Waals surface area (Å²) in [5, 5.41) is 18.4. The van der Waals surface area contributed by atoms with E-state index in [9.17, 15) is 48.8 Å². The summed E-state index contributed by atoms with van der Waals surface area (Å²) < 4.78 is 39.9. The lowest BCUT2D eigenvalue weighted by Gasteiger charge is -2.34. The van der Waals surface area contributed by atoms with Gasteiger partial charge in [0, 0.05) is 24.2 Å². The standard InChI is InChI=1S/C56H70N4O17/c1-53(2,3)74-45(61)33-43(51(67)76-55(7,8)9)59(47(63)37-15-13-17-41(31-37)72-49(65)35-19-23-39(57-69)24-20-35)27-29-71-30-28-60(44(52(68)77-56(10,11)12)34-46(62)75-54(4,5)6)48(64)38-16-14-18-42(32-38)73-50(66)36-21-25-40(58-70)26-22-36/h13-26,31-32,43-44,57-58,69-70H,27-30,33-34H2,1-12H3/t43-,44-/m0/s1. The average molecular weight is 1070 g/mol. The van der Waals surface area contributed by atoms with Gasteiger partial charge < -0.3 is 43.0 Å². The van der Waals surface area contributed by atoms with Gasteiger partial charge in [0.15, 0.2) is 0 Å². The van der Waals surface area contributed by atoms with Crippen molar-refractivity contribution in [3.63, 3.8) is 0 Å². The van der Waals surface area contributed by atoms with Crippen molar-refractivity contribution in [3.05, 3.63) is 119 Å². The van der Waals surface area contributed by atoms with E-state index in [1.165, 1.54) is 97.1 Å².